The monoisotopic (exact) mass is 334 g/mol. The lowest BCUT2D eigenvalue weighted by Gasteiger charge is -2.23. The molecule has 0 spiro atoms. The number of nitrogens with zero attached hydrogens (tertiary/aromatic N) is 2. The SMILES string of the molecule is CC1Cc2ccccc2N1C(=O)c1c(-c2ccccc2)c(=O)on1C. The maximum Gasteiger partial charge on any atom is 0.366 e. The Labute approximate surface area is 145 Å². The van der Waals surface area contributed by atoms with Crippen LogP contribution in [0.2, 0.25) is 0 Å². The van der Waals surface area contributed by atoms with E-state index in [1.165, 1.54) is 4.74 Å². The summed E-state index contributed by atoms with van der Waals surface area (Å²) < 4.78 is 6.50. The van der Waals surface area contributed by atoms with Crippen molar-refractivity contribution in [3.05, 3.63) is 76.3 Å². The van der Waals surface area contributed by atoms with Crippen molar-refractivity contribution in [2.45, 2.75) is 19.4 Å². The first-order chi connectivity index (χ1) is 12.1. The van der Waals surface area contributed by atoms with Crippen LogP contribution in [0.15, 0.2) is 63.9 Å². The molecule has 0 saturated heterocycles. The summed E-state index contributed by atoms with van der Waals surface area (Å²) in [6.07, 6.45) is 0.800. The molecule has 2 heterocycles. The fraction of sp³-hybridized carbons (Fsp3) is 0.200. The molecule has 1 aromatic heterocycles. The van der Waals surface area contributed by atoms with E-state index in [0.29, 0.717) is 11.1 Å². The Hall–Kier alpha value is -3.08. The Morgan fingerprint density at radius 3 is 2.52 bits per heavy atom. The molecule has 0 N–H and O–H groups in total. The number of hydrogen-bond acceptors (Lipinski definition) is 3. The number of benzene rings is 2. The second kappa shape index (κ2) is 5.77. The van der Waals surface area contributed by atoms with Crippen molar-refractivity contribution >= 4 is 11.6 Å². The molecule has 3 aromatic rings. The molecule has 126 valence electrons. The normalized spacial score (nSPS) is 16.1. The van der Waals surface area contributed by atoms with Gasteiger partial charge in [-0.1, -0.05) is 48.5 Å². The van der Waals surface area contributed by atoms with Crippen LogP contribution in [0.3, 0.4) is 0 Å². The molecule has 1 atom stereocenters. The topological polar surface area (TPSA) is 55.5 Å². The van der Waals surface area contributed by atoms with Crippen LogP contribution >= 0.6 is 0 Å². The van der Waals surface area contributed by atoms with Gasteiger partial charge in [-0.25, -0.2) is 9.53 Å². The molecule has 0 saturated carbocycles. The van der Waals surface area contributed by atoms with Crippen LogP contribution in [0.25, 0.3) is 11.1 Å². The van der Waals surface area contributed by atoms with E-state index in [2.05, 4.69) is 0 Å². The van der Waals surface area contributed by atoms with Gasteiger partial charge in [0.05, 0.1) is 0 Å². The third-order valence-electron chi connectivity index (χ3n) is 4.67. The van der Waals surface area contributed by atoms with Gasteiger partial charge < -0.3 is 9.42 Å². The Balaban J connectivity index is 1.86. The lowest BCUT2D eigenvalue weighted by molar-refractivity contribution is 0.0962. The zero-order valence-corrected chi connectivity index (χ0v) is 14.1. The minimum atomic E-state index is -0.503. The summed E-state index contributed by atoms with van der Waals surface area (Å²) in [5.74, 6) is -0.218. The van der Waals surface area contributed by atoms with E-state index in [4.69, 9.17) is 4.52 Å². The van der Waals surface area contributed by atoms with Crippen molar-refractivity contribution in [1.29, 1.82) is 0 Å². The summed E-state index contributed by atoms with van der Waals surface area (Å²) in [4.78, 5) is 27.5. The maximum atomic E-state index is 13.4. The zero-order valence-electron chi connectivity index (χ0n) is 14.1. The van der Waals surface area contributed by atoms with Gasteiger partial charge in [-0.2, -0.15) is 0 Å². The molecule has 1 amide bonds. The highest BCUT2D eigenvalue weighted by Crippen LogP contribution is 2.34. The number of aromatic nitrogens is 1. The van der Waals surface area contributed by atoms with Crippen molar-refractivity contribution in [3.63, 3.8) is 0 Å². The van der Waals surface area contributed by atoms with Gasteiger partial charge in [-0.15, -0.1) is 0 Å². The molecule has 1 aliphatic heterocycles. The van der Waals surface area contributed by atoms with Crippen LogP contribution in [0.1, 0.15) is 23.0 Å². The molecule has 0 fully saturated rings. The molecule has 0 radical (unpaired) electrons. The van der Waals surface area contributed by atoms with E-state index >= 15 is 0 Å². The van der Waals surface area contributed by atoms with Gasteiger partial charge in [0.2, 0.25) is 0 Å². The number of aryl methyl sites for hydroxylation is 1. The molecule has 5 heteroatoms. The number of para-hydroxylation sites is 1. The number of anilines is 1. The first kappa shape index (κ1) is 15.4. The number of rotatable bonds is 2. The van der Waals surface area contributed by atoms with E-state index in [1.54, 1.807) is 11.9 Å². The fourth-order valence-electron chi connectivity index (χ4n) is 3.56. The Bertz CT molecular complexity index is 1000. The van der Waals surface area contributed by atoms with Gasteiger partial charge in [0.1, 0.15) is 5.56 Å². The highest BCUT2D eigenvalue weighted by Gasteiger charge is 2.35. The van der Waals surface area contributed by atoms with Gasteiger partial charge in [-0.05, 0) is 30.5 Å². The summed E-state index contributed by atoms with van der Waals surface area (Å²) in [5, 5.41) is 0. The van der Waals surface area contributed by atoms with E-state index in [0.717, 1.165) is 17.7 Å². The summed E-state index contributed by atoms with van der Waals surface area (Å²) in [7, 11) is 1.59. The van der Waals surface area contributed by atoms with Crippen LogP contribution in [0.5, 0.6) is 0 Å². The predicted octanol–water partition coefficient (Wildman–Crippen LogP) is 3.24. The average Bonchev–Trinajstić information content (AvgIpc) is 3.10. The molecular weight excluding hydrogens is 316 g/mol. The van der Waals surface area contributed by atoms with Gasteiger partial charge in [0.15, 0.2) is 5.69 Å². The van der Waals surface area contributed by atoms with Gasteiger partial charge >= 0.3 is 5.63 Å². The van der Waals surface area contributed by atoms with E-state index < -0.39 is 5.63 Å². The van der Waals surface area contributed by atoms with Crippen molar-refractivity contribution in [2.24, 2.45) is 7.05 Å². The smallest absolute Gasteiger partial charge is 0.335 e. The molecule has 4 rings (SSSR count). The van der Waals surface area contributed by atoms with Crippen LogP contribution in [0, 0.1) is 0 Å². The van der Waals surface area contributed by atoms with Crippen LogP contribution in [0.4, 0.5) is 5.69 Å². The van der Waals surface area contributed by atoms with E-state index in [1.807, 2.05) is 61.5 Å². The molecule has 1 unspecified atom stereocenters. The minimum Gasteiger partial charge on any atom is -0.335 e. The van der Waals surface area contributed by atoms with Crippen LogP contribution in [-0.4, -0.2) is 16.7 Å². The summed E-state index contributed by atoms with van der Waals surface area (Å²) in [5.41, 5.74) is 2.80. The zero-order chi connectivity index (χ0) is 17.6. The van der Waals surface area contributed by atoms with Crippen LogP contribution < -0.4 is 10.5 Å². The van der Waals surface area contributed by atoms with Gasteiger partial charge in [0, 0.05) is 18.8 Å². The number of carbonyl (C=O) groups excluding carboxylic acids is 1. The second-order valence-corrected chi connectivity index (χ2v) is 6.32. The van der Waals surface area contributed by atoms with Crippen molar-refractivity contribution in [3.8, 4) is 11.1 Å². The Kier molecular flexibility index (Phi) is 3.57. The number of amides is 1. The van der Waals surface area contributed by atoms with Gasteiger partial charge in [0.25, 0.3) is 5.91 Å². The molecule has 1 aliphatic rings. The second-order valence-electron chi connectivity index (χ2n) is 6.32. The van der Waals surface area contributed by atoms with E-state index in [-0.39, 0.29) is 17.6 Å². The number of hydrogen-bond donors (Lipinski definition) is 0. The lowest BCUT2D eigenvalue weighted by Crippen LogP contribution is -2.37. The van der Waals surface area contributed by atoms with Crippen molar-refractivity contribution < 1.29 is 9.32 Å². The molecule has 25 heavy (non-hydrogen) atoms. The maximum absolute atomic E-state index is 13.4. The highest BCUT2D eigenvalue weighted by molar-refractivity contribution is 6.10. The third-order valence-corrected chi connectivity index (χ3v) is 4.67. The number of fused-ring (bicyclic) bond motifs is 1. The number of carbonyl (C=O) groups is 1. The molecule has 0 aliphatic carbocycles. The van der Waals surface area contributed by atoms with Gasteiger partial charge in [-0.3, -0.25) is 4.79 Å². The third kappa shape index (κ3) is 2.39. The largest absolute Gasteiger partial charge is 0.366 e. The molecular formula is C20H18N2O3. The summed E-state index contributed by atoms with van der Waals surface area (Å²) in [6, 6.07) is 17.1. The fourth-order valence-corrected chi connectivity index (χ4v) is 3.56. The van der Waals surface area contributed by atoms with Crippen molar-refractivity contribution in [1.82, 2.24) is 4.74 Å². The average molecular weight is 334 g/mol. The standard InChI is InChI=1S/C20H18N2O3/c1-13-12-15-10-6-7-11-16(15)22(13)19(23)18-17(20(24)25-21(18)2)14-8-4-3-5-9-14/h3-11,13H,12H2,1-2H3. The molecule has 0 bridgehead atoms. The van der Waals surface area contributed by atoms with E-state index in [9.17, 15) is 9.59 Å². The van der Waals surface area contributed by atoms with Crippen LogP contribution in [-0.2, 0) is 13.5 Å². The highest BCUT2D eigenvalue weighted by atomic mass is 16.5. The molecule has 5 nitrogen and oxygen atoms in total. The summed E-state index contributed by atoms with van der Waals surface area (Å²) in [6.45, 7) is 2.01. The first-order valence-corrected chi connectivity index (χ1v) is 8.25. The minimum absolute atomic E-state index is 0.0264. The lowest BCUT2D eigenvalue weighted by atomic mass is 10.1. The Morgan fingerprint density at radius 2 is 1.76 bits per heavy atom. The quantitative estimate of drug-likeness (QED) is 0.723. The Morgan fingerprint density at radius 1 is 1.08 bits per heavy atom. The summed E-state index contributed by atoms with van der Waals surface area (Å²) >= 11 is 0. The first-order valence-electron chi connectivity index (χ1n) is 8.25. The van der Waals surface area contributed by atoms with Crippen molar-refractivity contribution in [2.75, 3.05) is 4.90 Å². The predicted molar refractivity (Wildman–Crippen MR) is 95.8 cm³/mol. The molecule has 2 aromatic carbocycles.